The van der Waals surface area contributed by atoms with Gasteiger partial charge in [-0.15, -0.1) is 12.4 Å². The van der Waals surface area contributed by atoms with Crippen LogP contribution in [0.15, 0.2) is 47.4 Å². The zero-order valence-electron chi connectivity index (χ0n) is 12.3. The Labute approximate surface area is 147 Å². The van der Waals surface area contributed by atoms with Gasteiger partial charge in [-0.2, -0.15) is 0 Å². The smallest absolute Gasteiger partial charge is 0.241 e. The van der Waals surface area contributed by atoms with Crippen LogP contribution in [-0.2, 0) is 16.4 Å². The van der Waals surface area contributed by atoms with Crippen LogP contribution in [0.25, 0.3) is 0 Å². The van der Waals surface area contributed by atoms with Crippen LogP contribution in [0, 0.1) is 0 Å². The molecule has 1 aliphatic rings. The lowest BCUT2D eigenvalue weighted by molar-refractivity contribution is 0.507. The van der Waals surface area contributed by atoms with Crippen molar-refractivity contribution in [2.24, 2.45) is 0 Å². The van der Waals surface area contributed by atoms with E-state index in [-0.39, 0.29) is 23.3 Å². The maximum absolute atomic E-state index is 12.5. The van der Waals surface area contributed by atoms with Crippen molar-refractivity contribution in [3.05, 3.63) is 58.6 Å². The Kier molecular flexibility index (Phi) is 5.57. The third-order valence-electron chi connectivity index (χ3n) is 3.89. The summed E-state index contributed by atoms with van der Waals surface area (Å²) in [4.78, 5) is 0.183. The molecule has 0 bridgehead atoms. The molecule has 2 aromatic rings. The van der Waals surface area contributed by atoms with E-state index in [1.807, 2.05) is 18.2 Å². The molecule has 0 aromatic heterocycles. The Morgan fingerprint density at radius 2 is 1.96 bits per heavy atom. The highest BCUT2D eigenvalue weighted by molar-refractivity contribution is 7.89. The van der Waals surface area contributed by atoms with E-state index in [1.54, 1.807) is 18.2 Å². The average Bonchev–Trinajstić information content (AvgIpc) is 2.47. The predicted molar refractivity (Wildman–Crippen MR) is 95.6 cm³/mol. The summed E-state index contributed by atoms with van der Waals surface area (Å²) >= 11 is 5.89. The predicted octanol–water partition coefficient (Wildman–Crippen LogP) is 3.70. The second kappa shape index (κ2) is 7.09. The number of benzene rings is 2. The van der Waals surface area contributed by atoms with Gasteiger partial charge in [0.15, 0.2) is 0 Å². The molecule has 124 valence electrons. The van der Waals surface area contributed by atoms with E-state index in [4.69, 9.17) is 17.3 Å². The molecule has 0 heterocycles. The summed E-state index contributed by atoms with van der Waals surface area (Å²) in [5, 5.41) is 0.402. The summed E-state index contributed by atoms with van der Waals surface area (Å²) in [5.74, 6) is 0. The standard InChI is InChI=1S/C16H17ClN2O2S.ClH/c17-12-4-2-5-14(10-12)22(20,21)19-16-6-1-3-11-9-13(18)7-8-15(11)16;/h2,4-5,7-10,16,19H,1,3,6,18H2;1H. The minimum atomic E-state index is -3.60. The number of nitrogens with two attached hydrogens (primary N) is 1. The molecule has 0 saturated heterocycles. The van der Waals surface area contributed by atoms with Crippen molar-refractivity contribution in [3.8, 4) is 0 Å². The van der Waals surface area contributed by atoms with Crippen LogP contribution in [0.1, 0.15) is 30.0 Å². The minimum absolute atomic E-state index is 0. The third-order valence-corrected chi connectivity index (χ3v) is 5.59. The van der Waals surface area contributed by atoms with Gasteiger partial charge in [0.2, 0.25) is 10.0 Å². The van der Waals surface area contributed by atoms with Gasteiger partial charge in [0.25, 0.3) is 0 Å². The summed E-state index contributed by atoms with van der Waals surface area (Å²) < 4.78 is 27.9. The van der Waals surface area contributed by atoms with Gasteiger partial charge in [-0.05, 0) is 60.7 Å². The van der Waals surface area contributed by atoms with E-state index in [9.17, 15) is 8.42 Å². The Morgan fingerprint density at radius 1 is 1.17 bits per heavy atom. The van der Waals surface area contributed by atoms with Crippen molar-refractivity contribution in [1.82, 2.24) is 4.72 Å². The van der Waals surface area contributed by atoms with Gasteiger partial charge in [-0.25, -0.2) is 13.1 Å². The first-order valence-corrected chi connectivity index (χ1v) is 8.98. The molecule has 0 aliphatic heterocycles. The van der Waals surface area contributed by atoms with Gasteiger partial charge >= 0.3 is 0 Å². The molecule has 7 heteroatoms. The number of hydrogen-bond acceptors (Lipinski definition) is 3. The highest BCUT2D eigenvalue weighted by Crippen LogP contribution is 2.32. The summed E-state index contributed by atoms with van der Waals surface area (Å²) in [6.45, 7) is 0. The fourth-order valence-electron chi connectivity index (χ4n) is 2.85. The number of hydrogen-bond donors (Lipinski definition) is 2. The van der Waals surface area contributed by atoms with Gasteiger partial charge in [0.1, 0.15) is 0 Å². The monoisotopic (exact) mass is 372 g/mol. The Bertz CT molecular complexity index is 809. The summed E-state index contributed by atoms with van der Waals surface area (Å²) in [7, 11) is -3.60. The first kappa shape index (κ1) is 18.1. The second-order valence-electron chi connectivity index (χ2n) is 5.48. The molecule has 3 N–H and O–H groups in total. The normalized spacial score (nSPS) is 17.2. The zero-order chi connectivity index (χ0) is 15.7. The van der Waals surface area contributed by atoms with Crippen molar-refractivity contribution in [1.29, 1.82) is 0 Å². The molecule has 1 aliphatic carbocycles. The maximum atomic E-state index is 12.5. The van der Waals surface area contributed by atoms with Crippen molar-refractivity contribution < 1.29 is 8.42 Å². The first-order chi connectivity index (χ1) is 10.5. The molecule has 3 rings (SSSR count). The Balaban J connectivity index is 0.00000192. The molecule has 0 saturated carbocycles. The third kappa shape index (κ3) is 3.98. The number of rotatable bonds is 3. The topological polar surface area (TPSA) is 72.2 Å². The van der Waals surface area contributed by atoms with Gasteiger partial charge in [-0.3, -0.25) is 0 Å². The van der Waals surface area contributed by atoms with Gasteiger partial charge in [0, 0.05) is 16.8 Å². The highest BCUT2D eigenvalue weighted by atomic mass is 35.5. The van der Waals surface area contributed by atoms with Gasteiger partial charge < -0.3 is 5.73 Å². The first-order valence-electron chi connectivity index (χ1n) is 7.12. The quantitative estimate of drug-likeness (QED) is 0.806. The number of nitrogens with one attached hydrogen (secondary N) is 1. The molecule has 1 unspecified atom stereocenters. The van der Waals surface area contributed by atoms with Crippen molar-refractivity contribution in [3.63, 3.8) is 0 Å². The van der Waals surface area contributed by atoms with Crippen LogP contribution in [0.3, 0.4) is 0 Å². The van der Waals surface area contributed by atoms with E-state index in [0.717, 1.165) is 30.4 Å². The summed E-state index contributed by atoms with van der Waals surface area (Å²) in [6, 6.07) is 11.7. The van der Waals surface area contributed by atoms with E-state index in [0.29, 0.717) is 10.7 Å². The number of halogens is 2. The Morgan fingerprint density at radius 3 is 2.70 bits per heavy atom. The number of aryl methyl sites for hydroxylation is 1. The molecule has 23 heavy (non-hydrogen) atoms. The van der Waals surface area contributed by atoms with Crippen LogP contribution >= 0.6 is 24.0 Å². The van der Waals surface area contributed by atoms with Gasteiger partial charge in [-0.1, -0.05) is 23.7 Å². The highest BCUT2D eigenvalue weighted by Gasteiger charge is 2.25. The van der Waals surface area contributed by atoms with Crippen LogP contribution in [0.2, 0.25) is 5.02 Å². The van der Waals surface area contributed by atoms with E-state index in [2.05, 4.69) is 4.72 Å². The molecule has 1 atom stereocenters. The largest absolute Gasteiger partial charge is 0.399 e. The number of sulfonamides is 1. The molecule has 4 nitrogen and oxygen atoms in total. The fraction of sp³-hybridized carbons (Fsp3) is 0.250. The fourth-order valence-corrected chi connectivity index (χ4v) is 4.40. The summed E-state index contributed by atoms with van der Waals surface area (Å²) in [6.07, 6.45) is 2.63. The van der Waals surface area contributed by atoms with E-state index in [1.165, 1.54) is 6.07 Å². The van der Waals surface area contributed by atoms with Crippen molar-refractivity contribution in [2.45, 2.75) is 30.2 Å². The van der Waals surface area contributed by atoms with E-state index >= 15 is 0 Å². The lowest BCUT2D eigenvalue weighted by atomic mass is 9.88. The average molecular weight is 373 g/mol. The molecule has 2 aromatic carbocycles. The molecule has 0 radical (unpaired) electrons. The van der Waals surface area contributed by atoms with Crippen LogP contribution in [0.5, 0.6) is 0 Å². The van der Waals surface area contributed by atoms with Gasteiger partial charge in [0.05, 0.1) is 4.90 Å². The molecular formula is C16H18Cl2N2O2S. The van der Waals surface area contributed by atoms with Crippen LogP contribution in [0.4, 0.5) is 5.69 Å². The number of anilines is 1. The molecule has 0 spiro atoms. The SMILES string of the molecule is Cl.Nc1ccc2c(c1)CCCC2NS(=O)(=O)c1cccc(Cl)c1. The molecular weight excluding hydrogens is 355 g/mol. The summed E-state index contributed by atoms with van der Waals surface area (Å²) in [5.41, 5.74) is 8.64. The van der Waals surface area contributed by atoms with E-state index < -0.39 is 10.0 Å². The molecule has 0 fully saturated rings. The lowest BCUT2D eigenvalue weighted by Crippen LogP contribution is -2.31. The number of fused-ring (bicyclic) bond motifs is 1. The van der Waals surface area contributed by atoms with Crippen molar-refractivity contribution >= 4 is 39.7 Å². The lowest BCUT2D eigenvalue weighted by Gasteiger charge is -2.26. The number of nitrogen functional groups attached to an aromatic ring is 1. The van der Waals surface area contributed by atoms with Crippen molar-refractivity contribution in [2.75, 3.05) is 5.73 Å². The second-order valence-corrected chi connectivity index (χ2v) is 7.63. The molecule has 0 amide bonds. The zero-order valence-corrected chi connectivity index (χ0v) is 14.7. The Hall–Kier alpha value is -1.27. The maximum Gasteiger partial charge on any atom is 0.241 e. The van der Waals surface area contributed by atoms with Crippen LogP contribution in [-0.4, -0.2) is 8.42 Å². The van der Waals surface area contributed by atoms with Crippen LogP contribution < -0.4 is 10.5 Å². The minimum Gasteiger partial charge on any atom is -0.399 e.